The molecule has 0 aromatic carbocycles. The van der Waals surface area contributed by atoms with E-state index in [2.05, 4.69) is 59.0 Å². The van der Waals surface area contributed by atoms with Gasteiger partial charge >= 0.3 is 5.97 Å². The highest BCUT2D eigenvalue weighted by Crippen LogP contribution is 2.51. The minimum absolute atomic E-state index is 0.172. The van der Waals surface area contributed by atoms with Crippen molar-refractivity contribution < 1.29 is 19.1 Å². The summed E-state index contributed by atoms with van der Waals surface area (Å²) in [7, 11) is -2.51. The second kappa shape index (κ2) is 10.4. The molecular weight excluding hydrogens is 440 g/mol. The number of carbonyl (C=O) groups is 2. The van der Waals surface area contributed by atoms with E-state index < -0.39 is 25.8 Å². The van der Waals surface area contributed by atoms with Crippen LogP contribution in [0.4, 0.5) is 0 Å². The number of hydrogen-bond donors (Lipinski definition) is 1. The summed E-state index contributed by atoms with van der Waals surface area (Å²) in [5, 5.41) is 10.5. The lowest BCUT2D eigenvalue weighted by Crippen LogP contribution is -2.63. The van der Waals surface area contributed by atoms with Crippen LogP contribution in [-0.2, 0) is 14.0 Å². The first kappa shape index (κ1) is 27.4. The number of Topliss-reactive ketones (excluding diaryl/α,β-unsaturated/α-hetero) is 1. The molecule has 0 aromatic heterocycles. The zero-order chi connectivity index (χ0) is 25.3. The fraction of sp³-hybridized carbons (Fsp3) is 0.793. The molecule has 0 saturated heterocycles. The van der Waals surface area contributed by atoms with Gasteiger partial charge in [0.25, 0.3) is 0 Å². The van der Waals surface area contributed by atoms with Crippen LogP contribution in [0.1, 0.15) is 92.4 Å². The summed E-state index contributed by atoms with van der Waals surface area (Å²) in [4.78, 5) is 27.2. The quantitative estimate of drug-likeness (QED) is 0.217. The Hall–Kier alpha value is -1.20. The number of carboxylic acid groups (broad SMARTS) is 1. The molecule has 3 rings (SSSR count). The molecule has 2 unspecified atom stereocenters. The first-order valence-electron chi connectivity index (χ1n) is 13.6. The maximum Gasteiger partial charge on any atom is 0.343 e. The van der Waals surface area contributed by atoms with Gasteiger partial charge in [-0.2, -0.15) is 0 Å². The van der Waals surface area contributed by atoms with Crippen LogP contribution in [0, 0.1) is 29.6 Å². The molecule has 34 heavy (non-hydrogen) atoms. The van der Waals surface area contributed by atoms with Crippen molar-refractivity contribution in [1.82, 2.24) is 0 Å². The van der Waals surface area contributed by atoms with Crippen molar-refractivity contribution in [2.75, 3.05) is 0 Å². The van der Waals surface area contributed by atoms with Crippen LogP contribution in [0.15, 0.2) is 23.8 Å². The van der Waals surface area contributed by atoms with E-state index in [4.69, 9.17) is 4.43 Å². The molecule has 3 aliphatic carbocycles. The van der Waals surface area contributed by atoms with E-state index in [1.165, 1.54) is 18.4 Å². The summed E-state index contributed by atoms with van der Waals surface area (Å²) in [6.45, 7) is 14.5. The Labute approximate surface area is 208 Å². The molecule has 1 N–H and O–H groups in total. The fourth-order valence-corrected chi connectivity index (χ4v) is 8.06. The number of allylic oxidation sites excluding steroid dienone is 4. The van der Waals surface area contributed by atoms with E-state index in [1.54, 1.807) is 0 Å². The minimum atomic E-state index is -2.51. The van der Waals surface area contributed by atoms with Crippen molar-refractivity contribution in [2.24, 2.45) is 29.6 Å². The van der Waals surface area contributed by atoms with E-state index in [9.17, 15) is 14.7 Å². The van der Waals surface area contributed by atoms with Crippen molar-refractivity contribution >= 4 is 20.1 Å². The average molecular weight is 489 g/mol. The molecule has 5 atom stereocenters. The maximum atomic E-state index is 14.2. The summed E-state index contributed by atoms with van der Waals surface area (Å²) in [6.07, 6.45) is 15.8. The Morgan fingerprint density at radius 1 is 1.06 bits per heavy atom. The van der Waals surface area contributed by atoms with Gasteiger partial charge in [-0.3, -0.25) is 4.79 Å². The van der Waals surface area contributed by atoms with Crippen LogP contribution in [0.5, 0.6) is 0 Å². The van der Waals surface area contributed by atoms with E-state index in [1.807, 2.05) is 6.92 Å². The zero-order valence-electron chi connectivity index (χ0n) is 22.7. The van der Waals surface area contributed by atoms with E-state index in [-0.39, 0.29) is 16.7 Å². The molecule has 0 radical (unpaired) electrons. The number of fused-ring (bicyclic) bond motifs is 1. The third-order valence-electron chi connectivity index (χ3n) is 9.47. The summed E-state index contributed by atoms with van der Waals surface area (Å²) in [5.41, 5.74) is -0.387. The summed E-state index contributed by atoms with van der Waals surface area (Å²) >= 11 is 0. The molecule has 4 nitrogen and oxygen atoms in total. The van der Waals surface area contributed by atoms with E-state index in [0.717, 1.165) is 44.9 Å². The third-order valence-corrected chi connectivity index (χ3v) is 13.9. The standard InChI is InChI=1S/C29H48O4Si/c1-8-12-22-15-16-23-18-21(19-25(22)23)17-20(2)26(30)29(27(31)32,24-13-10-9-11-14-24)33-34(6,7)28(3,4)5/h8,12,17,20,22-25H,9-11,13-16,18-19H2,1-7H3,(H,31,32)/t20?,22-,23-,25+,29?/m0/s1. The van der Waals surface area contributed by atoms with Gasteiger partial charge in [0, 0.05) is 11.8 Å². The molecule has 192 valence electrons. The largest absolute Gasteiger partial charge is 0.479 e. The Morgan fingerprint density at radius 3 is 2.26 bits per heavy atom. The van der Waals surface area contributed by atoms with E-state index in [0.29, 0.717) is 17.8 Å². The van der Waals surface area contributed by atoms with Crippen molar-refractivity contribution in [1.29, 1.82) is 0 Å². The lowest BCUT2D eigenvalue weighted by Gasteiger charge is -2.47. The summed E-state index contributed by atoms with van der Waals surface area (Å²) < 4.78 is 6.71. The smallest absolute Gasteiger partial charge is 0.343 e. The van der Waals surface area contributed by atoms with Gasteiger partial charge in [0.1, 0.15) is 0 Å². The molecule has 3 aliphatic rings. The summed E-state index contributed by atoms with van der Waals surface area (Å²) in [6, 6.07) is 0. The molecule has 3 saturated carbocycles. The highest BCUT2D eigenvalue weighted by molar-refractivity contribution is 6.74. The van der Waals surface area contributed by atoms with Gasteiger partial charge in [-0.05, 0) is 81.3 Å². The monoisotopic (exact) mass is 488 g/mol. The van der Waals surface area contributed by atoms with Crippen molar-refractivity contribution in [3.63, 3.8) is 0 Å². The SMILES string of the molecule is CC=C[C@H]1CC[C@H]2CC(=CC(C)C(=O)C(O[Si](C)(C)C(C)(C)C)(C(=O)O)C3CCCCC3)C[C@@H]21. The van der Waals surface area contributed by atoms with Gasteiger partial charge in [0.05, 0.1) is 0 Å². The first-order chi connectivity index (χ1) is 15.8. The lowest BCUT2D eigenvalue weighted by molar-refractivity contribution is -0.171. The lowest BCUT2D eigenvalue weighted by atomic mass is 9.72. The molecule has 0 amide bonds. The van der Waals surface area contributed by atoms with Gasteiger partial charge < -0.3 is 9.53 Å². The second-order valence-electron chi connectivity index (χ2n) is 12.8. The third kappa shape index (κ3) is 5.30. The van der Waals surface area contributed by atoms with Gasteiger partial charge in [0.2, 0.25) is 5.60 Å². The number of carboxylic acids is 1. The van der Waals surface area contributed by atoms with Gasteiger partial charge in [-0.1, -0.05) is 70.8 Å². The second-order valence-corrected chi connectivity index (χ2v) is 17.5. The Balaban J connectivity index is 1.91. The maximum absolute atomic E-state index is 14.2. The number of aliphatic carboxylic acids is 1. The molecule has 0 aromatic rings. The van der Waals surface area contributed by atoms with Crippen LogP contribution < -0.4 is 0 Å². The zero-order valence-corrected chi connectivity index (χ0v) is 23.7. The van der Waals surface area contributed by atoms with Crippen molar-refractivity contribution in [3.8, 4) is 0 Å². The van der Waals surface area contributed by atoms with Gasteiger partial charge in [-0.25, -0.2) is 4.79 Å². The average Bonchev–Trinajstić information content (AvgIpc) is 3.32. The predicted molar refractivity (Wildman–Crippen MR) is 141 cm³/mol. The van der Waals surface area contributed by atoms with Crippen LogP contribution in [-0.4, -0.2) is 30.8 Å². The van der Waals surface area contributed by atoms with Gasteiger partial charge in [0.15, 0.2) is 14.1 Å². The van der Waals surface area contributed by atoms with Crippen LogP contribution >= 0.6 is 0 Å². The summed E-state index contributed by atoms with van der Waals surface area (Å²) in [5.74, 6) is 0.0352. The molecular formula is C29H48O4Si. The molecule has 5 heteroatoms. The molecule has 0 heterocycles. The minimum Gasteiger partial charge on any atom is -0.479 e. The van der Waals surface area contributed by atoms with Crippen LogP contribution in [0.3, 0.4) is 0 Å². The number of hydrogen-bond acceptors (Lipinski definition) is 3. The Morgan fingerprint density at radius 2 is 1.71 bits per heavy atom. The van der Waals surface area contributed by atoms with Crippen LogP contribution in [0.25, 0.3) is 0 Å². The van der Waals surface area contributed by atoms with Crippen LogP contribution in [0.2, 0.25) is 18.1 Å². The van der Waals surface area contributed by atoms with Gasteiger partial charge in [-0.15, -0.1) is 0 Å². The predicted octanol–water partition coefficient (Wildman–Crippen LogP) is 7.56. The van der Waals surface area contributed by atoms with Crippen molar-refractivity contribution in [2.45, 2.75) is 116 Å². The highest BCUT2D eigenvalue weighted by atomic mass is 28.4. The fourth-order valence-electron chi connectivity index (χ4n) is 6.59. The Kier molecular flexibility index (Phi) is 8.39. The number of ketones is 1. The highest BCUT2D eigenvalue weighted by Gasteiger charge is 2.58. The normalized spacial score (nSPS) is 30.4. The number of rotatable bonds is 8. The van der Waals surface area contributed by atoms with E-state index >= 15 is 0 Å². The molecule has 0 bridgehead atoms. The Bertz CT molecular complexity index is 814. The number of carbonyl (C=O) groups excluding carboxylic acids is 1. The molecule has 3 fully saturated rings. The molecule has 0 spiro atoms. The van der Waals surface area contributed by atoms with Crippen molar-refractivity contribution in [3.05, 3.63) is 23.8 Å². The topological polar surface area (TPSA) is 63.6 Å². The first-order valence-corrected chi connectivity index (χ1v) is 16.5. The molecule has 0 aliphatic heterocycles.